The number of Topliss-reactive ketones (excluding diaryl/α,β-unsaturated/α-hetero) is 1. The molecule has 0 amide bonds. The molecule has 1 aliphatic carbocycles. The van der Waals surface area contributed by atoms with Crippen LogP contribution < -0.4 is 14.8 Å². The number of methoxy groups -OCH3 is 2. The summed E-state index contributed by atoms with van der Waals surface area (Å²) in [5.74, 6) is 1.89. The Morgan fingerprint density at radius 3 is 2.58 bits per heavy atom. The monoisotopic (exact) mass is 418 g/mol. The van der Waals surface area contributed by atoms with E-state index in [1.54, 1.807) is 30.0 Å². The topological polar surface area (TPSA) is 98.5 Å². The normalized spacial score (nSPS) is 20.0. The Balaban J connectivity index is 1.57. The van der Waals surface area contributed by atoms with Crippen LogP contribution in [0, 0.1) is 0 Å². The third-order valence-corrected chi connectivity index (χ3v) is 5.97. The minimum atomic E-state index is -0.437. The van der Waals surface area contributed by atoms with Gasteiger partial charge in [-0.3, -0.25) is 4.79 Å². The van der Waals surface area contributed by atoms with Gasteiger partial charge in [-0.1, -0.05) is 18.2 Å². The zero-order chi connectivity index (χ0) is 21.5. The molecule has 2 aromatic carbocycles. The van der Waals surface area contributed by atoms with Gasteiger partial charge in [0.15, 0.2) is 17.3 Å². The summed E-state index contributed by atoms with van der Waals surface area (Å²) in [7, 11) is 3.13. The zero-order valence-corrected chi connectivity index (χ0v) is 17.2. The molecule has 0 bridgehead atoms. The van der Waals surface area contributed by atoms with E-state index in [0.717, 1.165) is 22.6 Å². The van der Waals surface area contributed by atoms with Crippen LogP contribution in [0.15, 0.2) is 60.1 Å². The summed E-state index contributed by atoms with van der Waals surface area (Å²) in [6, 6.07) is 12.5. The molecule has 0 unspecified atom stereocenters. The lowest BCUT2D eigenvalue weighted by molar-refractivity contribution is -0.116. The van der Waals surface area contributed by atoms with Gasteiger partial charge in [-0.15, -0.1) is 0 Å². The molecule has 1 aliphatic heterocycles. The highest BCUT2D eigenvalue weighted by Gasteiger charge is 2.39. The molecule has 0 radical (unpaired) electrons. The molecule has 31 heavy (non-hydrogen) atoms. The van der Waals surface area contributed by atoms with Gasteiger partial charge in [0.1, 0.15) is 18.1 Å². The van der Waals surface area contributed by atoms with Gasteiger partial charge < -0.3 is 19.9 Å². The highest BCUT2D eigenvalue weighted by atomic mass is 16.5. The average molecular weight is 418 g/mol. The lowest BCUT2D eigenvalue weighted by Gasteiger charge is -2.35. The number of phenolic OH excluding ortho intramolecular Hbond substituents is 1. The second-order valence-electron chi connectivity index (χ2n) is 7.68. The fourth-order valence-electron chi connectivity index (χ4n) is 4.44. The molecular weight excluding hydrogens is 396 g/mol. The number of carbonyl (C=O) groups is 1. The van der Waals surface area contributed by atoms with Crippen molar-refractivity contribution in [1.29, 1.82) is 0 Å². The van der Waals surface area contributed by atoms with E-state index in [9.17, 15) is 9.90 Å². The number of nitrogens with one attached hydrogen (secondary N) is 1. The van der Waals surface area contributed by atoms with E-state index >= 15 is 0 Å². The Bertz CT molecular complexity index is 1180. The number of anilines is 1. The van der Waals surface area contributed by atoms with Crippen LogP contribution in [0.3, 0.4) is 0 Å². The standard InChI is InChI=1S/C23H22N4O4/c1-30-16-6-3-13(4-7-16)15-9-17-21(19(29)10-15)22(27-23(26-17)24-12-25-27)14-5-8-18(28)20(11-14)31-2/h3-8,11-12,15,22,28H,9-10H2,1-2H3,(H,24,25,26)/t15-,22-/m1/s1. The van der Waals surface area contributed by atoms with Crippen LogP contribution in [0.4, 0.5) is 5.95 Å². The van der Waals surface area contributed by atoms with Crippen molar-refractivity contribution in [3.05, 3.63) is 71.2 Å². The molecule has 8 nitrogen and oxygen atoms in total. The largest absolute Gasteiger partial charge is 0.504 e. The van der Waals surface area contributed by atoms with E-state index in [1.807, 2.05) is 24.3 Å². The van der Waals surface area contributed by atoms with Crippen LogP contribution >= 0.6 is 0 Å². The maximum atomic E-state index is 13.4. The van der Waals surface area contributed by atoms with Crippen LogP contribution in [-0.4, -0.2) is 39.9 Å². The van der Waals surface area contributed by atoms with Gasteiger partial charge in [-0.05, 0) is 47.7 Å². The van der Waals surface area contributed by atoms with Gasteiger partial charge in [0.25, 0.3) is 0 Å². The summed E-state index contributed by atoms with van der Waals surface area (Å²) in [6.07, 6.45) is 2.56. The molecule has 2 aliphatic rings. The maximum Gasteiger partial charge on any atom is 0.226 e. The van der Waals surface area contributed by atoms with Crippen LogP contribution in [0.5, 0.6) is 17.2 Å². The summed E-state index contributed by atoms with van der Waals surface area (Å²) >= 11 is 0. The van der Waals surface area contributed by atoms with E-state index in [0.29, 0.717) is 30.1 Å². The first kappa shape index (κ1) is 19.2. The van der Waals surface area contributed by atoms with Gasteiger partial charge in [-0.2, -0.15) is 10.1 Å². The van der Waals surface area contributed by atoms with Crippen molar-refractivity contribution in [3.63, 3.8) is 0 Å². The van der Waals surface area contributed by atoms with Crippen LogP contribution in [0.25, 0.3) is 0 Å². The summed E-state index contributed by atoms with van der Waals surface area (Å²) in [5, 5.41) is 17.7. The number of benzene rings is 2. The first-order valence-corrected chi connectivity index (χ1v) is 10.0. The number of carbonyl (C=O) groups excluding carboxylic acids is 1. The molecule has 3 aromatic rings. The molecule has 0 fully saturated rings. The molecule has 0 spiro atoms. The van der Waals surface area contributed by atoms with Gasteiger partial charge >= 0.3 is 0 Å². The number of rotatable bonds is 4. The molecule has 158 valence electrons. The molecule has 1 aromatic heterocycles. The first-order chi connectivity index (χ1) is 15.1. The molecule has 8 heteroatoms. The lowest BCUT2D eigenvalue weighted by atomic mass is 9.78. The SMILES string of the molecule is COc1ccc([C@H]2CC(=O)C3=C(C2)Nc2ncnn2[C@@H]3c2ccc(O)c(OC)c2)cc1. The summed E-state index contributed by atoms with van der Waals surface area (Å²) in [4.78, 5) is 17.7. The predicted octanol–water partition coefficient (Wildman–Crippen LogP) is 3.42. The van der Waals surface area contributed by atoms with Gasteiger partial charge in [0.05, 0.1) is 14.2 Å². The van der Waals surface area contributed by atoms with Crippen molar-refractivity contribution in [1.82, 2.24) is 14.8 Å². The number of ketones is 1. The van der Waals surface area contributed by atoms with E-state index in [-0.39, 0.29) is 17.5 Å². The first-order valence-electron chi connectivity index (χ1n) is 10.0. The third kappa shape index (κ3) is 3.20. The molecule has 0 saturated carbocycles. The van der Waals surface area contributed by atoms with Crippen LogP contribution in [-0.2, 0) is 4.79 Å². The Kier molecular flexibility index (Phi) is 4.62. The number of hydrogen-bond donors (Lipinski definition) is 2. The van der Waals surface area contributed by atoms with Crippen molar-refractivity contribution in [3.8, 4) is 17.2 Å². The maximum absolute atomic E-state index is 13.4. The van der Waals surface area contributed by atoms with Gasteiger partial charge in [0, 0.05) is 17.7 Å². The predicted molar refractivity (Wildman–Crippen MR) is 113 cm³/mol. The number of allylic oxidation sites excluding steroid dienone is 2. The van der Waals surface area contributed by atoms with Crippen molar-refractivity contribution in [2.24, 2.45) is 0 Å². The number of nitrogens with zero attached hydrogens (tertiary/aromatic N) is 3. The third-order valence-electron chi connectivity index (χ3n) is 5.97. The number of phenols is 1. The smallest absolute Gasteiger partial charge is 0.226 e. The second kappa shape index (κ2) is 7.46. The van der Waals surface area contributed by atoms with E-state index in [1.165, 1.54) is 13.4 Å². The number of aromatic nitrogens is 3. The summed E-state index contributed by atoms with van der Waals surface area (Å²) in [6.45, 7) is 0. The van der Waals surface area contributed by atoms with E-state index in [2.05, 4.69) is 15.4 Å². The van der Waals surface area contributed by atoms with E-state index < -0.39 is 6.04 Å². The van der Waals surface area contributed by atoms with Crippen molar-refractivity contribution >= 4 is 11.7 Å². The summed E-state index contributed by atoms with van der Waals surface area (Å²) < 4.78 is 12.2. The minimum absolute atomic E-state index is 0.0442. The molecule has 5 rings (SSSR count). The Labute approximate surface area is 179 Å². The molecular formula is C23H22N4O4. The van der Waals surface area contributed by atoms with Crippen molar-refractivity contribution in [2.75, 3.05) is 19.5 Å². The van der Waals surface area contributed by atoms with Gasteiger partial charge in [-0.25, -0.2) is 4.68 Å². The minimum Gasteiger partial charge on any atom is -0.504 e. The van der Waals surface area contributed by atoms with Gasteiger partial charge in [0.2, 0.25) is 5.95 Å². The number of fused-ring (bicyclic) bond motifs is 1. The molecule has 2 heterocycles. The molecule has 2 atom stereocenters. The van der Waals surface area contributed by atoms with Crippen molar-refractivity contribution < 1.29 is 19.4 Å². The summed E-state index contributed by atoms with van der Waals surface area (Å²) in [5.41, 5.74) is 3.43. The quantitative estimate of drug-likeness (QED) is 0.670. The number of ether oxygens (including phenoxy) is 2. The zero-order valence-electron chi connectivity index (χ0n) is 17.2. The average Bonchev–Trinajstić information content (AvgIpc) is 3.26. The molecule has 0 saturated heterocycles. The Morgan fingerprint density at radius 1 is 1.06 bits per heavy atom. The molecule has 2 N–H and O–H groups in total. The Hall–Kier alpha value is -3.81. The van der Waals surface area contributed by atoms with Crippen LogP contribution in [0.1, 0.15) is 35.9 Å². The highest BCUT2D eigenvalue weighted by molar-refractivity contribution is 6.00. The highest BCUT2D eigenvalue weighted by Crippen LogP contribution is 2.45. The number of aromatic hydroxyl groups is 1. The van der Waals surface area contributed by atoms with Crippen molar-refractivity contribution in [2.45, 2.75) is 24.8 Å². The fourth-order valence-corrected chi connectivity index (χ4v) is 4.44. The second-order valence-corrected chi connectivity index (χ2v) is 7.68. The Morgan fingerprint density at radius 2 is 1.84 bits per heavy atom. The van der Waals surface area contributed by atoms with E-state index in [4.69, 9.17) is 9.47 Å². The lowest BCUT2D eigenvalue weighted by Crippen LogP contribution is -2.33. The fraction of sp³-hybridized carbons (Fsp3) is 0.261. The number of hydrogen-bond acceptors (Lipinski definition) is 7. The van der Waals surface area contributed by atoms with Crippen LogP contribution in [0.2, 0.25) is 0 Å².